The Labute approximate surface area is 426 Å². The number of piperidine rings is 2. The quantitative estimate of drug-likeness (QED) is 0.133. The summed E-state index contributed by atoms with van der Waals surface area (Å²) in [7, 11) is 1.84. The standard InChI is InChI=1S/C52H72FN13O7/c1-4-73-51(72)45-33(2)55-52(57-38-30-54-61(3)32-38)60-46(45)56-37-9-11-39(12-10-37)63-25-27-66(28-26-63)50(71)36-7-5-35(6-8-36)49(70)65-19-17-34(18-20-65)31-62-21-23-64(24-22-62)40-13-14-41(42(53)29-40)47(68)58-43-15-16-44(67)59-48(43)69/h13-14,29-30,32,34-37,39,43H,4-12,15-28,31H2,1-3H3,(H,58,68)(H,59,67,69)(H2,55,56,57,60). The van der Waals surface area contributed by atoms with E-state index in [4.69, 9.17) is 9.72 Å². The Balaban J connectivity index is 0.654. The van der Waals surface area contributed by atoms with Crippen molar-refractivity contribution in [2.75, 3.05) is 94.1 Å². The lowest BCUT2D eigenvalue weighted by Crippen LogP contribution is -2.54. The van der Waals surface area contributed by atoms with Gasteiger partial charge >= 0.3 is 5.97 Å². The number of rotatable bonds is 14. The second-order valence-electron chi connectivity index (χ2n) is 20.9. The number of esters is 1. The van der Waals surface area contributed by atoms with E-state index in [0.717, 1.165) is 142 Å². The largest absolute Gasteiger partial charge is 0.462 e. The van der Waals surface area contributed by atoms with Crippen molar-refractivity contribution in [3.63, 3.8) is 0 Å². The van der Waals surface area contributed by atoms with E-state index in [1.807, 2.05) is 13.2 Å². The van der Waals surface area contributed by atoms with Gasteiger partial charge < -0.3 is 35.4 Å². The maximum Gasteiger partial charge on any atom is 0.343 e. The van der Waals surface area contributed by atoms with E-state index < -0.39 is 29.6 Å². The highest BCUT2D eigenvalue weighted by Crippen LogP contribution is 2.34. The molecule has 2 aromatic heterocycles. The summed E-state index contributed by atoms with van der Waals surface area (Å²) in [6.07, 6.45) is 12.6. The number of nitrogens with zero attached hydrogens (tertiary/aromatic N) is 9. The Hall–Kier alpha value is -6.22. The van der Waals surface area contributed by atoms with Gasteiger partial charge in [0, 0.05) is 121 Å². The second kappa shape index (κ2) is 23.3. The molecule has 4 N–H and O–H groups in total. The fourth-order valence-electron chi connectivity index (χ4n) is 11.8. The molecule has 1 atom stereocenters. The third kappa shape index (κ3) is 12.6. The fraction of sp³-hybridized carbons (Fsp3) is 0.635. The fourth-order valence-corrected chi connectivity index (χ4v) is 11.8. The van der Waals surface area contributed by atoms with Crippen molar-refractivity contribution in [3.05, 3.63) is 53.2 Å². The van der Waals surface area contributed by atoms with Crippen molar-refractivity contribution in [2.24, 2.45) is 24.8 Å². The zero-order valence-corrected chi connectivity index (χ0v) is 42.6. The van der Waals surface area contributed by atoms with Crippen LogP contribution < -0.4 is 26.2 Å². The summed E-state index contributed by atoms with van der Waals surface area (Å²) >= 11 is 0. The van der Waals surface area contributed by atoms with Gasteiger partial charge in [0.25, 0.3) is 5.91 Å². The van der Waals surface area contributed by atoms with E-state index in [0.29, 0.717) is 40.7 Å². The number of piperazine rings is 2. The SMILES string of the molecule is CCOC(=O)c1c(C)nc(Nc2cnn(C)c2)nc1NC1CCC(N2CCN(C(=O)C3CCC(C(=O)N4CCC(CN5CCN(c6ccc(C(=O)NC7CCC(=O)NC7=O)c(F)c6)CC5)CC4)CC3)CC2)CC1. The lowest BCUT2D eigenvalue weighted by molar-refractivity contribution is -0.143. The molecule has 5 amide bonds. The normalized spacial score (nSPS) is 24.7. The Bertz CT molecular complexity index is 2480. The summed E-state index contributed by atoms with van der Waals surface area (Å²) in [5, 5.41) is 15.7. The van der Waals surface area contributed by atoms with E-state index in [1.54, 1.807) is 30.8 Å². The number of amides is 5. The number of carbonyl (C=O) groups excluding carboxylic acids is 6. The molecule has 1 aromatic carbocycles. The molecule has 3 aromatic rings. The van der Waals surface area contributed by atoms with Gasteiger partial charge in [0.2, 0.25) is 29.6 Å². The van der Waals surface area contributed by atoms with E-state index >= 15 is 4.39 Å². The van der Waals surface area contributed by atoms with Crippen molar-refractivity contribution in [1.82, 2.24) is 50.0 Å². The van der Waals surface area contributed by atoms with E-state index in [9.17, 15) is 28.8 Å². The summed E-state index contributed by atoms with van der Waals surface area (Å²) in [5.41, 5.74) is 2.19. The highest BCUT2D eigenvalue weighted by atomic mass is 19.1. The number of anilines is 4. The first-order valence-corrected chi connectivity index (χ1v) is 26.6. The molecule has 73 heavy (non-hydrogen) atoms. The monoisotopic (exact) mass is 1010 g/mol. The van der Waals surface area contributed by atoms with Crippen LogP contribution in [-0.4, -0.2) is 172 Å². The average Bonchev–Trinajstić information content (AvgIpc) is 3.81. The summed E-state index contributed by atoms with van der Waals surface area (Å²) in [5.74, 6) is -0.957. The number of hydrogen-bond donors (Lipinski definition) is 4. The van der Waals surface area contributed by atoms with Crippen LogP contribution >= 0.6 is 0 Å². The van der Waals surface area contributed by atoms with Gasteiger partial charge in [-0.15, -0.1) is 0 Å². The first-order valence-electron chi connectivity index (χ1n) is 26.6. The molecule has 0 bridgehead atoms. The van der Waals surface area contributed by atoms with Crippen LogP contribution in [0.2, 0.25) is 0 Å². The number of carbonyl (C=O) groups is 6. The number of ether oxygens (including phenoxy) is 1. The van der Waals surface area contributed by atoms with Crippen LogP contribution in [-0.2, 0) is 31.0 Å². The third-order valence-corrected chi connectivity index (χ3v) is 16.1. The predicted molar refractivity (Wildman–Crippen MR) is 270 cm³/mol. The molecular weight excluding hydrogens is 938 g/mol. The van der Waals surface area contributed by atoms with Crippen molar-refractivity contribution >= 4 is 58.6 Å². The molecule has 4 aliphatic heterocycles. The summed E-state index contributed by atoms with van der Waals surface area (Å²) in [6, 6.07) is 4.25. The third-order valence-electron chi connectivity index (χ3n) is 16.1. The predicted octanol–water partition coefficient (Wildman–Crippen LogP) is 3.85. The molecule has 2 saturated carbocycles. The van der Waals surface area contributed by atoms with Gasteiger partial charge in [-0.05, 0) is 109 Å². The van der Waals surface area contributed by atoms with Crippen molar-refractivity contribution < 1.29 is 37.9 Å². The Morgan fingerprint density at radius 1 is 0.808 bits per heavy atom. The lowest BCUT2D eigenvalue weighted by atomic mass is 9.80. The molecule has 2 aliphatic carbocycles. The van der Waals surface area contributed by atoms with E-state index in [2.05, 4.69) is 55.8 Å². The molecule has 9 rings (SSSR count). The molecule has 1 unspecified atom stereocenters. The van der Waals surface area contributed by atoms with Gasteiger partial charge in [0.05, 0.1) is 29.7 Å². The molecule has 6 heterocycles. The average molecular weight is 1010 g/mol. The first-order chi connectivity index (χ1) is 35.3. The van der Waals surface area contributed by atoms with Crippen molar-refractivity contribution in [3.8, 4) is 0 Å². The lowest BCUT2D eigenvalue weighted by Gasteiger charge is -2.43. The molecule has 0 radical (unpaired) electrons. The second-order valence-corrected chi connectivity index (χ2v) is 20.9. The van der Waals surface area contributed by atoms with Crippen molar-refractivity contribution in [1.29, 1.82) is 0 Å². The Morgan fingerprint density at radius 3 is 2.10 bits per heavy atom. The smallest absolute Gasteiger partial charge is 0.343 e. The maximum absolute atomic E-state index is 15.2. The van der Waals surface area contributed by atoms with Gasteiger partial charge in [-0.25, -0.2) is 14.2 Å². The summed E-state index contributed by atoms with van der Waals surface area (Å²) in [4.78, 5) is 97.3. The minimum atomic E-state index is -0.873. The van der Waals surface area contributed by atoms with Crippen LogP contribution in [0.1, 0.15) is 110 Å². The number of benzene rings is 1. The minimum absolute atomic E-state index is 0.0190. The van der Waals surface area contributed by atoms with Crippen LogP contribution in [0.4, 0.5) is 27.5 Å². The zero-order valence-electron chi connectivity index (χ0n) is 42.6. The number of likely N-dealkylation sites (tertiary alicyclic amines) is 1. The Kier molecular flexibility index (Phi) is 16.5. The molecule has 394 valence electrons. The number of nitrogens with one attached hydrogen (secondary N) is 4. The van der Waals surface area contributed by atoms with Gasteiger partial charge in [-0.3, -0.25) is 43.8 Å². The maximum atomic E-state index is 15.2. The highest BCUT2D eigenvalue weighted by molar-refractivity contribution is 6.04. The molecule has 21 heteroatoms. The number of hydrogen-bond acceptors (Lipinski definition) is 15. The van der Waals surface area contributed by atoms with Crippen LogP contribution in [0.5, 0.6) is 0 Å². The molecule has 20 nitrogen and oxygen atoms in total. The van der Waals surface area contributed by atoms with Crippen molar-refractivity contribution in [2.45, 2.75) is 109 Å². The van der Waals surface area contributed by atoms with Gasteiger partial charge in [-0.2, -0.15) is 10.1 Å². The van der Waals surface area contributed by atoms with E-state index in [-0.39, 0.29) is 60.6 Å². The number of halogens is 1. The molecular formula is C52H72FN13O7. The van der Waals surface area contributed by atoms with Gasteiger partial charge in [0.15, 0.2) is 0 Å². The number of aryl methyl sites for hydroxylation is 2. The van der Waals surface area contributed by atoms with Gasteiger partial charge in [-0.1, -0.05) is 0 Å². The molecule has 4 saturated heterocycles. The van der Waals surface area contributed by atoms with Crippen LogP contribution in [0, 0.1) is 30.5 Å². The van der Waals surface area contributed by atoms with Crippen LogP contribution in [0.3, 0.4) is 0 Å². The van der Waals surface area contributed by atoms with Gasteiger partial charge in [0.1, 0.15) is 23.2 Å². The summed E-state index contributed by atoms with van der Waals surface area (Å²) in [6.45, 7) is 12.6. The number of aromatic nitrogens is 4. The number of imide groups is 1. The molecule has 0 spiro atoms. The van der Waals surface area contributed by atoms with Crippen LogP contribution in [0.15, 0.2) is 30.6 Å². The first kappa shape index (κ1) is 51.7. The molecule has 6 aliphatic rings. The summed E-state index contributed by atoms with van der Waals surface area (Å²) < 4.78 is 22.2. The van der Waals surface area contributed by atoms with Crippen LogP contribution in [0.25, 0.3) is 0 Å². The minimum Gasteiger partial charge on any atom is -0.462 e. The topological polar surface area (TPSA) is 220 Å². The highest BCUT2D eigenvalue weighted by Gasteiger charge is 2.38. The zero-order chi connectivity index (χ0) is 51.2. The van der Waals surface area contributed by atoms with E-state index in [1.165, 1.54) is 12.1 Å². The molecule has 6 fully saturated rings. The Morgan fingerprint density at radius 2 is 1.48 bits per heavy atom.